The summed E-state index contributed by atoms with van der Waals surface area (Å²) in [5, 5.41) is 10.4. The van der Waals surface area contributed by atoms with E-state index in [-0.39, 0.29) is 18.6 Å². The van der Waals surface area contributed by atoms with Crippen molar-refractivity contribution in [3.63, 3.8) is 0 Å². The van der Waals surface area contributed by atoms with Crippen LogP contribution in [0.5, 0.6) is 0 Å². The smallest absolute Gasteiger partial charge is 0.409 e. The first kappa shape index (κ1) is 22.3. The van der Waals surface area contributed by atoms with Gasteiger partial charge in [-0.25, -0.2) is 4.79 Å². The molecule has 0 radical (unpaired) electrons. The molecule has 6 nitrogen and oxygen atoms in total. The fourth-order valence-electron chi connectivity index (χ4n) is 3.76. The molecule has 0 aromatic heterocycles. The van der Waals surface area contributed by atoms with E-state index in [1.165, 1.54) is 11.1 Å². The Bertz CT molecular complexity index is 709. The van der Waals surface area contributed by atoms with E-state index in [2.05, 4.69) is 29.2 Å². The van der Waals surface area contributed by atoms with Crippen molar-refractivity contribution in [2.45, 2.75) is 18.9 Å². The Morgan fingerprint density at radius 3 is 2.03 bits per heavy atom. The van der Waals surface area contributed by atoms with Crippen LogP contribution in [-0.4, -0.2) is 79.6 Å². The summed E-state index contributed by atoms with van der Waals surface area (Å²) in [4.78, 5) is 15.7. The number of hydrogen-bond donors (Lipinski definition) is 1. The molecule has 1 aliphatic rings. The zero-order chi connectivity index (χ0) is 21.2. The first-order valence-electron chi connectivity index (χ1n) is 10.7. The minimum absolute atomic E-state index is 0.132. The molecule has 1 atom stereocenters. The van der Waals surface area contributed by atoms with Gasteiger partial charge in [-0.2, -0.15) is 0 Å². The summed E-state index contributed by atoms with van der Waals surface area (Å²) in [6.07, 6.45) is -0.819. The zero-order valence-corrected chi connectivity index (χ0v) is 17.7. The lowest BCUT2D eigenvalue weighted by atomic mass is 9.92. The minimum Gasteiger partial charge on any atom is -0.450 e. The van der Waals surface area contributed by atoms with Crippen LogP contribution in [0.15, 0.2) is 60.7 Å². The van der Waals surface area contributed by atoms with Crippen LogP contribution in [0.1, 0.15) is 24.0 Å². The number of aliphatic hydroxyl groups is 1. The van der Waals surface area contributed by atoms with Gasteiger partial charge in [0.05, 0.1) is 25.9 Å². The Hall–Kier alpha value is -2.41. The molecule has 3 rings (SSSR count). The third-order valence-electron chi connectivity index (χ3n) is 5.37. The molecule has 1 fully saturated rings. The van der Waals surface area contributed by atoms with Crippen LogP contribution in [0.3, 0.4) is 0 Å². The summed E-state index contributed by atoms with van der Waals surface area (Å²) < 4.78 is 11.0. The standard InChI is InChI=1S/C24H32N2O4/c1-2-30-24(28)26-15-13-25(14-16-26)17-22(27)18-29-19-23(20-9-5-3-6-10-20)21-11-7-4-8-12-21/h3-12,22-23,27H,2,13-19H2,1H3. The average molecular weight is 413 g/mol. The molecule has 30 heavy (non-hydrogen) atoms. The monoisotopic (exact) mass is 412 g/mol. The topological polar surface area (TPSA) is 62.2 Å². The van der Waals surface area contributed by atoms with Crippen molar-refractivity contribution in [1.82, 2.24) is 9.80 Å². The van der Waals surface area contributed by atoms with Gasteiger partial charge in [0.2, 0.25) is 0 Å². The van der Waals surface area contributed by atoms with Crippen molar-refractivity contribution >= 4 is 6.09 Å². The summed E-state index contributed by atoms with van der Waals surface area (Å²) in [5.41, 5.74) is 2.40. The highest BCUT2D eigenvalue weighted by molar-refractivity contribution is 5.67. The maximum atomic E-state index is 11.8. The highest BCUT2D eigenvalue weighted by Gasteiger charge is 2.23. The largest absolute Gasteiger partial charge is 0.450 e. The van der Waals surface area contributed by atoms with E-state index in [0.29, 0.717) is 32.8 Å². The number of carbonyl (C=O) groups excluding carboxylic acids is 1. The predicted octanol–water partition coefficient (Wildman–Crippen LogP) is 2.97. The lowest BCUT2D eigenvalue weighted by Gasteiger charge is -2.34. The van der Waals surface area contributed by atoms with E-state index in [0.717, 1.165) is 13.1 Å². The molecular formula is C24H32N2O4. The molecular weight excluding hydrogens is 380 g/mol. The number of piperazine rings is 1. The van der Waals surface area contributed by atoms with Gasteiger partial charge >= 0.3 is 6.09 Å². The second-order valence-corrected chi connectivity index (χ2v) is 7.55. The van der Waals surface area contributed by atoms with Crippen molar-refractivity contribution in [3.8, 4) is 0 Å². The van der Waals surface area contributed by atoms with Gasteiger partial charge in [-0.3, -0.25) is 4.90 Å². The van der Waals surface area contributed by atoms with E-state index in [4.69, 9.17) is 9.47 Å². The first-order chi connectivity index (χ1) is 14.7. The minimum atomic E-state index is -0.564. The Kier molecular flexibility index (Phi) is 8.68. The lowest BCUT2D eigenvalue weighted by molar-refractivity contribution is 0.00491. The van der Waals surface area contributed by atoms with Gasteiger partial charge in [0.15, 0.2) is 0 Å². The fraction of sp³-hybridized carbons (Fsp3) is 0.458. The van der Waals surface area contributed by atoms with Crippen LogP contribution in [0, 0.1) is 0 Å². The van der Waals surface area contributed by atoms with Crippen LogP contribution >= 0.6 is 0 Å². The van der Waals surface area contributed by atoms with Crippen molar-refractivity contribution in [2.24, 2.45) is 0 Å². The number of carbonyl (C=O) groups is 1. The molecule has 2 aromatic carbocycles. The second-order valence-electron chi connectivity index (χ2n) is 7.55. The van der Waals surface area contributed by atoms with Crippen molar-refractivity contribution in [2.75, 3.05) is 52.5 Å². The fourth-order valence-corrected chi connectivity index (χ4v) is 3.76. The SMILES string of the molecule is CCOC(=O)N1CCN(CC(O)COCC(c2ccccc2)c2ccccc2)CC1. The number of rotatable bonds is 9. The summed E-state index contributed by atoms with van der Waals surface area (Å²) >= 11 is 0. The van der Waals surface area contributed by atoms with Gasteiger partial charge in [0.1, 0.15) is 0 Å². The lowest BCUT2D eigenvalue weighted by Crippen LogP contribution is -2.51. The predicted molar refractivity (Wildman–Crippen MR) is 117 cm³/mol. The first-order valence-corrected chi connectivity index (χ1v) is 10.7. The quantitative estimate of drug-likeness (QED) is 0.686. The Balaban J connectivity index is 1.45. The normalized spacial score (nSPS) is 15.9. The number of amides is 1. The summed E-state index contributed by atoms with van der Waals surface area (Å²) in [5.74, 6) is 0.132. The molecule has 0 spiro atoms. The molecule has 0 bridgehead atoms. The number of ether oxygens (including phenoxy) is 2. The molecule has 1 saturated heterocycles. The molecule has 0 aliphatic carbocycles. The molecule has 162 valence electrons. The van der Waals surface area contributed by atoms with E-state index >= 15 is 0 Å². The summed E-state index contributed by atoms with van der Waals surface area (Å²) in [7, 11) is 0. The van der Waals surface area contributed by atoms with Crippen molar-refractivity contribution in [1.29, 1.82) is 0 Å². The van der Waals surface area contributed by atoms with Gasteiger partial charge in [0.25, 0.3) is 0 Å². The van der Waals surface area contributed by atoms with Gasteiger partial charge in [-0.15, -0.1) is 0 Å². The number of β-amino-alcohol motifs (C(OH)–C–C–N with tert-alkyl or cyclic N) is 1. The zero-order valence-electron chi connectivity index (χ0n) is 17.7. The molecule has 1 unspecified atom stereocenters. The van der Waals surface area contributed by atoms with Gasteiger partial charge in [0, 0.05) is 38.6 Å². The van der Waals surface area contributed by atoms with Crippen LogP contribution < -0.4 is 0 Å². The molecule has 6 heteroatoms. The van der Waals surface area contributed by atoms with Crippen LogP contribution in [0.4, 0.5) is 4.79 Å². The van der Waals surface area contributed by atoms with E-state index < -0.39 is 6.10 Å². The Morgan fingerprint density at radius 2 is 1.50 bits per heavy atom. The third kappa shape index (κ3) is 6.55. The second kappa shape index (κ2) is 11.7. The van der Waals surface area contributed by atoms with Crippen LogP contribution in [-0.2, 0) is 9.47 Å². The third-order valence-corrected chi connectivity index (χ3v) is 5.37. The number of aliphatic hydroxyl groups excluding tert-OH is 1. The Morgan fingerprint density at radius 1 is 0.933 bits per heavy atom. The molecule has 1 heterocycles. The van der Waals surface area contributed by atoms with E-state index in [9.17, 15) is 9.90 Å². The molecule has 0 saturated carbocycles. The highest BCUT2D eigenvalue weighted by atomic mass is 16.6. The number of nitrogens with zero attached hydrogens (tertiary/aromatic N) is 2. The van der Waals surface area contributed by atoms with Crippen LogP contribution in [0.2, 0.25) is 0 Å². The molecule has 1 N–H and O–H groups in total. The van der Waals surface area contributed by atoms with Gasteiger partial charge < -0.3 is 19.5 Å². The average Bonchev–Trinajstić information content (AvgIpc) is 2.78. The maximum Gasteiger partial charge on any atom is 0.409 e. The molecule has 2 aromatic rings. The number of hydrogen-bond acceptors (Lipinski definition) is 5. The molecule has 1 aliphatic heterocycles. The highest BCUT2D eigenvalue weighted by Crippen LogP contribution is 2.24. The van der Waals surface area contributed by atoms with E-state index in [1.54, 1.807) is 4.90 Å². The number of benzene rings is 2. The maximum absolute atomic E-state index is 11.8. The van der Waals surface area contributed by atoms with Crippen LogP contribution in [0.25, 0.3) is 0 Å². The Labute approximate surface area is 179 Å². The van der Waals surface area contributed by atoms with Gasteiger partial charge in [-0.1, -0.05) is 60.7 Å². The van der Waals surface area contributed by atoms with Crippen molar-refractivity contribution < 1.29 is 19.4 Å². The molecule has 1 amide bonds. The van der Waals surface area contributed by atoms with Crippen molar-refractivity contribution in [3.05, 3.63) is 71.8 Å². The summed E-state index contributed by atoms with van der Waals surface area (Å²) in [6.45, 7) is 6.24. The van der Waals surface area contributed by atoms with E-state index in [1.807, 2.05) is 43.3 Å². The van der Waals surface area contributed by atoms with Gasteiger partial charge in [-0.05, 0) is 18.1 Å². The summed E-state index contributed by atoms with van der Waals surface area (Å²) in [6, 6.07) is 20.6.